The molecule has 6 nitrogen and oxygen atoms in total. The van der Waals surface area contributed by atoms with Crippen LogP contribution < -0.4 is 15.4 Å². The lowest BCUT2D eigenvalue weighted by atomic mass is 10.1. The summed E-state index contributed by atoms with van der Waals surface area (Å²) in [5, 5.41) is 14.1. The number of methoxy groups -OCH3 is 1. The second-order valence-corrected chi connectivity index (χ2v) is 4.99. The largest absolute Gasteiger partial charge is 0.494 e. The van der Waals surface area contributed by atoms with E-state index < -0.39 is 23.7 Å². The zero-order valence-electron chi connectivity index (χ0n) is 11.6. The highest BCUT2D eigenvalue weighted by atomic mass is 19.1. The van der Waals surface area contributed by atoms with Gasteiger partial charge in [-0.15, -0.1) is 0 Å². The van der Waals surface area contributed by atoms with Crippen LogP contribution in [0.2, 0.25) is 0 Å². The fourth-order valence-electron chi connectivity index (χ4n) is 2.43. The Labute approximate surface area is 121 Å². The van der Waals surface area contributed by atoms with E-state index in [0.29, 0.717) is 24.9 Å². The van der Waals surface area contributed by atoms with Gasteiger partial charge in [0.2, 0.25) is 0 Å². The van der Waals surface area contributed by atoms with E-state index in [1.807, 2.05) is 0 Å². The summed E-state index contributed by atoms with van der Waals surface area (Å²) in [5.41, 5.74) is 0.304. The van der Waals surface area contributed by atoms with E-state index in [2.05, 4.69) is 10.6 Å². The van der Waals surface area contributed by atoms with Crippen molar-refractivity contribution in [1.29, 1.82) is 0 Å². The maximum absolute atomic E-state index is 13.5. The van der Waals surface area contributed by atoms with Crippen molar-refractivity contribution in [3.05, 3.63) is 24.0 Å². The average Bonchev–Trinajstić information content (AvgIpc) is 2.87. The number of anilines is 1. The Morgan fingerprint density at radius 2 is 2.14 bits per heavy atom. The second kappa shape index (κ2) is 6.43. The summed E-state index contributed by atoms with van der Waals surface area (Å²) < 4.78 is 18.3. The number of aliphatic carboxylic acids is 1. The zero-order valence-corrected chi connectivity index (χ0v) is 11.6. The van der Waals surface area contributed by atoms with Crippen LogP contribution in [0.4, 0.5) is 14.9 Å². The van der Waals surface area contributed by atoms with Crippen molar-refractivity contribution in [1.82, 2.24) is 5.32 Å². The first-order valence-corrected chi connectivity index (χ1v) is 6.63. The normalized spacial score (nSPS) is 20.9. The second-order valence-electron chi connectivity index (χ2n) is 4.99. The van der Waals surface area contributed by atoms with Crippen LogP contribution >= 0.6 is 0 Å². The number of halogens is 1. The van der Waals surface area contributed by atoms with Crippen molar-refractivity contribution in [2.24, 2.45) is 5.92 Å². The number of amides is 2. The number of benzene rings is 1. The van der Waals surface area contributed by atoms with Gasteiger partial charge in [0.25, 0.3) is 0 Å². The van der Waals surface area contributed by atoms with E-state index in [9.17, 15) is 14.0 Å². The summed E-state index contributed by atoms with van der Waals surface area (Å²) >= 11 is 0. The van der Waals surface area contributed by atoms with Crippen molar-refractivity contribution in [2.45, 2.75) is 25.3 Å². The minimum atomic E-state index is -0.836. The molecule has 0 unspecified atom stereocenters. The molecule has 0 bridgehead atoms. The van der Waals surface area contributed by atoms with Gasteiger partial charge in [0.05, 0.1) is 13.0 Å². The highest BCUT2D eigenvalue weighted by Gasteiger charge is 2.30. The molecule has 1 fully saturated rings. The smallest absolute Gasteiger partial charge is 0.319 e. The van der Waals surface area contributed by atoms with Crippen LogP contribution in [0.3, 0.4) is 0 Å². The summed E-state index contributed by atoms with van der Waals surface area (Å²) in [6.07, 6.45) is 1.60. The molecule has 0 aliphatic heterocycles. The third-order valence-electron chi connectivity index (χ3n) is 3.53. The Balaban J connectivity index is 1.88. The molecule has 0 radical (unpaired) electrons. The van der Waals surface area contributed by atoms with E-state index in [1.54, 1.807) is 0 Å². The van der Waals surface area contributed by atoms with Gasteiger partial charge in [0.1, 0.15) is 0 Å². The predicted molar refractivity (Wildman–Crippen MR) is 73.9 cm³/mol. The first kappa shape index (κ1) is 15.1. The summed E-state index contributed by atoms with van der Waals surface area (Å²) in [5.74, 6) is -1.71. The fraction of sp³-hybridized carbons (Fsp3) is 0.429. The Kier molecular flexibility index (Phi) is 4.62. The molecule has 0 heterocycles. The number of nitrogens with one attached hydrogen (secondary N) is 2. The minimum Gasteiger partial charge on any atom is -0.494 e. The number of carboxylic acids is 1. The van der Waals surface area contributed by atoms with Gasteiger partial charge in [-0.1, -0.05) is 0 Å². The molecule has 21 heavy (non-hydrogen) atoms. The Hall–Kier alpha value is -2.31. The zero-order chi connectivity index (χ0) is 15.4. The molecule has 7 heteroatoms. The minimum absolute atomic E-state index is 0.0982. The monoisotopic (exact) mass is 296 g/mol. The third-order valence-corrected chi connectivity index (χ3v) is 3.53. The van der Waals surface area contributed by atoms with Crippen LogP contribution in [0, 0.1) is 11.7 Å². The number of carboxylic acid groups (broad SMARTS) is 1. The van der Waals surface area contributed by atoms with Crippen LogP contribution in [0.5, 0.6) is 5.75 Å². The molecule has 0 spiro atoms. The molecule has 1 aromatic rings. The first-order chi connectivity index (χ1) is 9.99. The quantitative estimate of drug-likeness (QED) is 0.795. The summed E-state index contributed by atoms with van der Waals surface area (Å²) in [4.78, 5) is 22.6. The maximum Gasteiger partial charge on any atom is 0.319 e. The van der Waals surface area contributed by atoms with Crippen molar-refractivity contribution in [3.63, 3.8) is 0 Å². The molecule has 1 aliphatic rings. The highest BCUT2D eigenvalue weighted by molar-refractivity contribution is 5.89. The Morgan fingerprint density at radius 3 is 2.71 bits per heavy atom. The van der Waals surface area contributed by atoms with Gasteiger partial charge in [0, 0.05) is 17.8 Å². The summed E-state index contributed by atoms with van der Waals surface area (Å²) in [7, 11) is 1.36. The van der Waals surface area contributed by atoms with Crippen molar-refractivity contribution >= 4 is 17.7 Å². The van der Waals surface area contributed by atoms with Crippen molar-refractivity contribution in [3.8, 4) is 5.75 Å². The Bertz CT molecular complexity index is 550. The molecular formula is C14H17FN2O4. The van der Waals surface area contributed by atoms with Gasteiger partial charge in [-0.05, 0) is 31.4 Å². The number of urea groups is 1. The molecule has 1 aromatic carbocycles. The standard InChI is InChI=1S/C14H17FN2O4/c1-21-12-5-4-10(7-11(12)15)17-14(20)16-9-3-2-8(6-9)13(18)19/h4-5,7-9H,2-3,6H2,1H3,(H,18,19)(H2,16,17,20)/t8-,9+/m1/s1. The first-order valence-electron chi connectivity index (χ1n) is 6.63. The molecule has 114 valence electrons. The Morgan fingerprint density at radius 1 is 1.38 bits per heavy atom. The van der Waals surface area contributed by atoms with E-state index in [4.69, 9.17) is 9.84 Å². The SMILES string of the molecule is COc1ccc(NC(=O)N[C@H]2CC[C@@H](C(=O)O)C2)cc1F. The van der Waals surface area contributed by atoms with Gasteiger partial charge in [-0.25, -0.2) is 9.18 Å². The number of ether oxygens (including phenoxy) is 1. The number of carbonyl (C=O) groups excluding carboxylic acids is 1. The van der Waals surface area contributed by atoms with Gasteiger partial charge in [-0.2, -0.15) is 0 Å². The lowest BCUT2D eigenvalue weighted by Crippen LogP contribution is -2.36. The van der Waals surface area contributed by atoms with E-state index in [1.165, 1.54) is 19.2 Å². The van der Waals surface area contributed by atoms with Crippen LogP contribution in [0.25, 0.3) is 0 Å². The lowest BCUT2D eigenvalue weighted by molar-refractivity contribution is -0.141. The fourth-order valence-corrected chi connectivity index (χ4v) is 2.43. The molecule has 0 saturated heterocycles. The number of hydrogen-bond donors (Lipinski definition) is 3. The van der Waals surface area contributed by atoms with Gasteiger partial charge >= 0.3 is 12.0 Å². The number of hydrogen-bond acceptors (Lipinski definition) is 3. The van der Waals surface area contributed by atoms with Gasteiger partial charge in [0.15, 0.2) is 11.6 Å². The summed E-state index contributed by atoms with van der Waals surface area (Å²) in [6.45, 7) is 0. The van der Waals surface area contributed by atoms with Crippen LogP contribution in [-0.2, 0) is 4.79 Å². The van der Waals surface area contributed by atoms with Gasteiger partial charge < -0.3 is 20.5 Å². The molecule has 2 atom stereocenters. The molecule has 1 saturated carbocycles. The molecular weight excluding hydrogens is 279 g/mol. The topological polar surface area (TPSA) is 87.7 Å². The molecule has 3 N–H and O–H groups in total. The maximum atomic E-state index is 13.5. The average molecular weight is 296 g/mol. The van der Waals surface area contributed by atoms with Crippen LogP contribution in [-0.4, -0.2) is 30.3 Å². The van der Waals surface area contributed by atoms with Crippen molar-refractivity contribution < 1.29 is 23.8 Å². The molecule has 2 rings (SSSR count). The number of rotatable bonds is 4. The van der Waals surface area contributed by atoms with Crippen LogP contribution in [0.15, 0.2) is 18.2 Å². The lowest BCUT2D eigenvalue weighted by Gasteiger charge is -2.13. The molecule has 2 amide bonds. The predicted octanol–water partition coefficient (Wildman–Crippen LogP) is 2.21. The van der Waals surface area contributed by atoms with E-state index >= 15 is 0 Å². The van der Waals surface area contributed by atoms with Crippen molar-refractivity contribution in [2.75, 3.05) is 12.4 Å². The molecule has 0 aromatic heterocycles. The van der Waals surface area contributed by atoms with E-state index in [-0.39, 0.29) is 11.8 Å². The third kappa shape index (κ3) is 3.84. The van der Waals surface area contributed by atoms with E-state index in [0.717, 1.165) is 6.07 Å². The van der Waals surface area contributed by atoms with Crippen LogP contribution in [0.1, 0.15) is 19.3 Å². The highest BCUT2D eigenvalue weighted by Crippen LogP contribution is 2.26. The molecule has 1 aliphatic carbocycles. The van der Waals surface area contributed by atoms with Gasteiger partial charge in [-0.3, -0.25) is 4.79 Å². The number of carbonyl (C=O) groups is 2. The summed E-state index contributed by atoms with van der Waals surface area (Å²) in [6, 6.07) is 3.45.